The Hall–Kier alpha value is -2.86. The van der Waals surface area contributed by atoms with Gasteiger partial charge in [0.2, 0.25) is 11.8 Å². The average molecular weight is 466 g/mol. The molecule has 184 valence electrons. The topological polar surface area (TPSA) is 79.5 Å². The molecule has 1 heterocycles. The standard InChI is InChI=1S/C28H39N3O3/c1-4-9-20(2)19-34-25-15-13-23(14-16-25)26(28(33)30-18-24-12-8-17-29-24)31-27(32)21(3)22-10-6-5-7-11-22/h5-7,10-11,13-16,20-21,24,26,29H,4,8-9,12,17-19H2,1-3H3,(H,30,33)(H,31,32)/t20?,21-,24?,26+/m0/s1. The van der Waals surface area contributed by atoms with Crippen molar-refractivity contribution in [2.24, 2.45) is 5.92 Å². The second-order valence-corrected chi connectivity index (χ2v) is 9.39. The first-order valence-corrected chi connectivity index (χ1v) is 12.6. The number of benzene rings is 2. The molecule has 1 fully saturated rings. The van der Waals surface area contributed by atoms with Crippen LogP contribution in [-0.4, -0.2) is 37.6 Å². The second-order valence-electron chi connectivity index (χ2n) is 9.39. The monoisotopic (exact) mass is 465 g/mol. The first-order valence-electron chi connectivity index (χ1n) is 12.6. The van der Waals surface area contributed by atoms with Crippen LogP contribution in [0.5, 0.6) is 5.75 Å². The van der Waals surface area contributed by atoms with E-state index in [1.165, 1.54) is 0 Å². The highest BCUT2D eigenvalue weighted by atomic mass is 16.5. The Kier molecular flexibility index (Phi) is 9.95. The molecule has 0 aliphatic carbocycles. The van der Waals surface area contributed by atoms with Crippen LogP contribution >= 0.6 is 0 Å². The molecule has 2 amide bonds. The molecule has 0 spiro atoms. The molecule has 6 nitrogen and oxygen atoms in total. The van der Waals surface area contributed by atoms with Crippen molar-refractivity contribution in [1.29, 1.82) is 0 Å². The van der Waals surface area contributed by atoms with Crippen LogP contribution in [0.15, 0.2) is 54.6 Å². The van der Waals surface area contributed by atoms with Crippen LogP contribution in [0.25, 0.3) is 0 Å². The number of amides is 2. The van der Waals surface area contributed by atoms with E-state index in [-0.39, 0.29) is 23.8 Å². The van der Waals surface area contributed by atoms with E-state index >= 15 is 0 Å². The zero-order valence-corrected chi connectivity index (χ0v) is 20.7. The van der Waals surface area contributed by atoms with Gasteiger partial charge in [-0.1, -0.05) is 62.7 Å². The summed E-state index contributed by atoms with van der Waals surface area (Å²) in [4.78, 5) is 26.3. The predicted octanol–water partition coefficient (Wildman–Crippen LogP) is 4.33. The highest BCUT2D eigenvalue weighted by Gasteiger charge is 2.26. The maximum Gasteiger partial charge on any atom is 0.247 e. The summed E-state index contributed by atoms with van der Waals surface area (Å²) >= 11 is 0. The van der Waals surface area contributed by atoms with Crippen LogP contribution in [0.1, 0.15) is 69.5 Å². The molecular formula is C28H39N3O3. The summed E-state index contributed by atoms with van der Waals surface area (Å²) in [6.07, 6.45) is 4.43. The lowest BCUT2D eigenvalue weighted by molar-refractivity contribution is -0.129. The molecule has 4 atom stereocenters. The summed E-state index contributed by atoms with van der Waals surface area (Å²) in [5, 5.41) is 9.40. The Balaban J connectivity index is 1.69. The van der Waals surface area contributed by atoms with Crippen molar-refractivity contribution in [2.75, 3.05) is 19.7 Å². The molecule has 0 radical (unpaired) electrons. The molecule has 3 rings (SSSR count). The van der Waals surface area contributed by atoms with Crippen LogP contribution in [0, 0.1) is 5.92 Å². The summed E-state index contributed by atoms with van der Waals surface area (Å²) in [6, 6.07) is 16.6. The fraction of sp³-hybridized carbons (Fsp3) is 0.500. The molecule has 2 aromatic carbocycles. The van der Waals surface area contributed by atoms with Crippen molar-refractivity contribution in [3.8, 4) is 5.75 Å². The third-order valence-corrected chi connectivity index (χ3v) is 6.46. The van der Waals surface area contributed by atoms with Crippen molar-refractivity contribution in [2.45, 2.75) is 64.5 Å². The maximum absolute atomic E-state index is 13.2. The fourth-order valence-electron chi connectivity index (χ4n) is 4.29. The minimum Gasteiger partial charge on any atom is -0.493 e. The Morgan fingerprint density at radius 2 is 1.76 bits per heavy atom. The molecular weight excluding hydrogens is 426 g/mol. The van der Waals surface area contributed by atoms with Gasteiger partial charge in [0.1, 0.15) is 11.8 Å². The molecule has 1 aliphatic rings. The number of hydrogen-bond acceptors (Lipinski definition) is 4. The summed E-state index contributed by atoms with van der Waals surface area (Å²) in [6.45, 7) is 8.41. The highest BCUT2D eigenvalue weighted by molar-refractivity contribution is 5.91. The van der Waals surface area contributed by atoms with Crippen molar-refractivity contribution in [3.63, 3.8) is 0 Å². The van der Waals surface area contributed by atoms with Crippen molar-refractivity contribution in [1.82, 2.24) is 16.0 Å². The number of carbonyl (C=O) groups is 2. The Morgan fingerprint density at radius 3 is 2.41 bits per heavy atom. The maximum atomic E-state index is 13.2. The summed E-state index contributed by atoms with van der Waals surface area (Å²) in [5.41, 5.74) is 1.65. The van der Waals surface area contributed by atoms with Gasteiger partial charge in [-0.05, 0) is 61.9 Å². The van der Waals surface area contributed by atoms with Gasteiger partial charge < -0.3 is 20.7 Å². The van der Waals surface area contributed by atoms with E-state index in [4.69, 9.17) is 4.74 Å². The quantitative estimate of drug-likeness (QED) is 0.436. The molecule has 2 unspecified atom stereocenters. The van der Waals surface area contributed by atoms with E-state index in [2.05, 4.69) is 29.8 Å². The molecule has 2 aromatic rings. The van der Waals surface area contributed by atoms with Crippen LogP contribution in [-0.2, 0) is 9.59 Å². The number of rotatable bonds is 12. The SMILES string of the molecule is CCCC(C)COc1ccc([C@@H](NC(=O)[C@@H](C)c2ccccc2)C(=O)NCC2CCCN2)cc1. The minimum absolute atomic E-state index is 0.181. The number of nitrogens with one attached hydrogen (secondary N) is 3. The van der Waals surface area contributed by atoms with E-state index in [0.29, 0.717) is 19.1 Å². The average Bonchev–Trinajstić information content (AvgIpc) is 3.39. The predicted molar refractivity (Wildman–Crippen MR) is 136 cm³/mol. The third kappa shape index (κ3) is 7.59. The van der Waals surface area contributed by atoms with Gasteiger partial charge in [0.15, 0.2) is 0 Å². The number of ether oxygens (including phenoxy) is 1. The third-order valence-electron chi connectivity index (χ3n) is 6.46. The van der Waals surface area contributed by atoms with Gasteiger partial charge in [-0.25, -0.2) is 0 Å². The van der Waals surface area contributed by atoms with Crippen LogP contribution < -0.4 is 20.7 Å². The largest absolute Gasteiger partial charge is 0.493 e. The van der Waals surface area contributed by atoms with Gasteiger partial charge in [-0.15, -0.1) is 0 Å². The van der Waals surface area contributed by atoms with E-state index in [0.717, 1.165) is 49.1 Å². The van der Waals surface area contributed by atoms with E-state index in [9.17, 15) is 9.59 Å². The smallest absolute Gasteiger partial charge is 0.247 e. The van der Waals surface area contributed by atoms with Gasteiger partial charge in [-0.2, -0.15) is 0 Å². The number of hydrogen-bond donors (Lipinski definition) is 3. The molecule has 0 aromatic heterocycles. The molecule has 0 saturated carbocycles. The molecule has 34 heavy (non-hydrogen) atoms. The highest BCUT2D eigenvalue weighted by Crippen LogP contribution is 2.22. The summed E-state index contributed by atoms with van der Waals surface area (Å²) < 4.78 is 5.91. The van der Waals surface area contributed by atoms with Gasteiger partial charge in [0, 0.05) is 12.6 Å². The molecule has 1 saturated heterocycles. The van der Waals surface area contributed by atoms with Crippen LogP contribution in [0.3, 0.4) is 0 Å². The van der Waals surface area contributed by atoms with Gasteiger partial charge >= 0.3 is 0 Å². The van der Waals surface area contributed by atoms with Gasteiger partial charge in [-0.3, -0.25) is 9.59 Å². The van der Waals surface area contributed by atoms with Crippen LogP contribution in [0.4, 0.5) is 0 Å². The van der Waals surface area contributed by atoms with Crippen molar-refractivity contribution >= 4 is 11.8 Å². The molecule has 1 aliphatic heterocycles. The summed E-state index contributed by atoms with van der Waals surface area (Å²) in [7, 11) is 0. The first-order chi connectivity index (χ1) is 16.5. The van der Waals surface area contributed by atoms with Crippen molar-refractivity contribution < 1.29 is 14.3 Å². The minimum atomic E-state index is -0.770. The first kappa shape index (κ1) is 25.8. The molecule has 6 heteroatoms. The Morgan fingerprint density at radius 1 is 1.03 bits per heavy atom. The Bertz CT molecular complexity index is 895. The lowest BCUT2D eigenvalue weighted by Gasteiger charge is -2.22. The lowest BCUT2D eigenvalue weighted by Crippen LogP contribution is -2.45. The Labute approximate surface area is 203 Å². The zero-order chi connectivity index (χ0) is 24.3. The van der Waals surface area contributed by atoms with Gasteiger partial charge in [0.05, 0.1) is 12.5 Å². The van der Waals surface area contributed by atoms with Crippen molar-refractivity contribution in [3.05, 3.63) is 65.7 Å². The van der Waals surface area contributed by atoms with Crippen LogP contribution in [0.2, 0.25) is 0 Å². The van der Waals surface area contributed by atoms with Gasteiger partial charge in [0.25, 0.3) is 0 Å². The fourth-order valence-corrected chi connectivity index (χ4v) is 4.29. The second kappa shape index (κ2) is 13.1. The van der Waals surface area contributed by atoms with E-state index in [1.54, 1.807) is 0 Å². The number of carbonyl (C=O) groups excluding carboxylic acids is 2. The normalized spacial score (nSPS) is 18.0. The summed E-state index contributed by atoms with van der Waals surface area (Å²) in [5.74, 6) is 0.512. The van der Waals surface area contributed by atoms with E-state index < -0.39 is 6.04 Å². The lowest BCUT2D eigenvalue weighted by atomic mass is 9.98. The zero-order valence-electron chi connectivity index (χ0n) is 20.7. The van der Waals surface area contributed by atoms with E-state index in [1.807, 2.05) is 61.5 Å². The molecule has 3 N–H and O–H groups in total. The molecule has 0 bridgehead atoms.